The Labute approximate surface area is 76.1 Å². The summed E-state index contributed by atoms with van der Waals surface area (Å²) in [6.07, 6.45) is 1.87. The van der Waals surface area contributed by atoms with Gasteiger partial charge in [-0.2, -0.15) is 0 Å². The molecule has 0 saturated carbocycles. The molecule has 0 unspecified atom stereocenters. The van der Waals surface area contributed by atoms with Crippen molar-refractivity contribution in [1.29, 1.82) is 0 Å². The Morgan fingerprint density at radius 2 is 2.00 bits per heavy atom. The van der Waals surface area contributed by atoms with Gasteiger partial charge in [0.25, 0.3) is 0 Å². The maximum atomic E-state index is 5.80. The lowest BCUT2D eigenvalue weighted by molar-refractivity contribution is 0.957. The first kappa shape index (κ1) is 7.91. The van der Waals surface area contributed by atoms with Gasteiger partial charge in [0.15, 0.2) is 5.82 Å². The summed E-state index contributed by atoms with van der Waals surface area (Å²) in [5.41, 5.74) is 15.2. The van der Waals surface area contributed by atoms with Crippen LogP contribution in [-0.4, -0.2) is 9.61 Å². The van der Waals surface area contributed by atoms with Gasteiger partial charge in [-0.25, -0.2) is 4.52 Å². The number of nitrogens with two attached hydrogens (primary N) is 2. The third-order valence-corrected chi connectivity index (χ3v) is 2.39. The second-order valence-corrected chi connectivity index (χ2v) is 3.22. The van der Waals surface area contributed by atoms with Crippen LogP contribution in [0.5, 0.6) is 0 Å². The molecule has 4 nitrogen and oxygen atoms in total. The molecule has 0 bridgehead atoms. The Morgan fingerprint density at radius 3 is 2.69 bits per heavy atom. The maximum absolute atomic E-state index is 5.80. The molecule has 4 heteroatoms. The van der Waals surface area contributed by atoms with Crippen LogP contribution in [-0.2, 0) is 0 Å². The van der Waals surface area contributed by atoms with Gasteiger partial charge in [-0.05, 0) is 31.0 Å². The van der Waals surface area contributed by atoms with Crippen LogP contribution in [0.25, 0.3) is 5.52 Å². The number of aromatic nitrogens is 2. The van der Waals surface area contributed by atoms with Gasteiger partial charge in [-0.15, -0.1) is 5.10 Å². The van der Waals surface area contributed by atoms with Crippen molar-refractivity contribution in [3.8, 4) is 0 Å². The molecule has 0 fully saturated rings. The zero-order valence-corrected chi connectivity index (χ0v) is 7.70. The van der Waals surface area contributed by atoms with Crippen molar-refractivity contribution in [1.82, 2.24) is 9.61 Å². The number of anilines is 2. The highest BCUT2D eigenvalue weighted by Crippen LogP contribution is 2.24. The molecule has 13 heavy (non-hydrogen) atoms. The summed E-state index contributed by atoms with van der Waals surface area (Å²) in [5, 5.41) is 4.08. The smallest absolute Gasteiger partial charge is 0.169 e. The highest BCUT2D eigenvalue weighted by Gasteiger charge is 2.09. The van der Waals surface area contributed by atoms with Crippen LogP contribution >= 0.6 is 0 Å². The normalized spacial score (nSPS) is 10.9. The van der Waals surface area contributed by atoms with E-state index in [-0.39, 0.29) is 0 Å². The first-order valence-corrected chi connectivity index (χ1v) is 4.10. The van der Waals surface area contributed by atoms with Crippen molar-refractivity contribution < 1.29 is 0 Å². The molecule has 68 valence electrons. The van der Waals surface area contributed by atoms with Crippen molar-refractivity contribution >= 4 is 17.0 Å². The van der Waals surface area contributed by atoms with Crippen molar-refractivity contribution in [2.75, 3.05) is 11.5 Å². The van der Waals surface area contributed by atoms with E-state index in [1.165, 1.54) is 5.56 Å². The number of rotatable bonds is 0. The summed E-state index contributed by atoms with van der Waals surface area (Å²) in [6.45, 7) is 4.06. The van der Waals surface area contributed by atoms with Gasteiger partial charge in [-0.3, -0.25) is 0 Å². The Morgan fingerprint density at radius 1 is 1.31 bits per heavy atom. The Hall–Kier alpha value is -1.71. The van der Waals surface area contributed by atoms with Crippen LogP contribution in [0.15, 0.2) is 12.3 Å². The van der Waals surface area contributed by atoms with Crippen LogP contribution in [0.1, 0.15) is 11.1 Å². The van der Waals surface area contributed by atoms with E-state index >= 15 is 0 Å². The Balaban J connectivity index is 2.97. The number of aryl methyl sites for hydroxylation is 2. The number of hydrogen-bond acceptors (Lipinski definition) is 3. The first-order chi connectivity index (χ1) is 6.11. The topological polar surface area (TPSA) is 69.3 Å². The molecule has 0 aromatic carbocycles. The van der Waals surface area contributed by atoms with Crippen LogP contribution < -0.4 is 11.5 Å². The second kappa shape index (κ2) is 2.39. The zero-order chi connectivity index (χ0) is 9.59. The van der Waals surface area contributed by atoms with Crippen LogP contribution in [0.2, 0.25) is 0 Å². The van der Waals surface area contributed by atoms with Crippen molar-refractivity contribution in [2.45, 2.75) is 13.8 Å². The first-order valence-electron chi connectivity index (χ1n) is 4.10. The Bertz CT molecular complexity index is 470. The van der Waals surface area contributed by atoms with E-state index in [0.29, 0.717) is 11.5 Å². The predicted octanol–water partition coefficient (Wildman–Crippen LogP) is 1.12. The summed E-state index contributed by atoms with van der Waals surface area (Å²) in [6, 6.07) is 1.99. The minimum Gasteiger partial charge on any atom is -0.394 e. The van der Waals surface area contributed by atoms with Crippen molar-refractivity contribution in [2.24, 2.45) is 0 Å². The number of pyridine rings is 1. The fourth-order valence-corrected chi connectivity index (χ4v) is 1.44. The van der Waals surface area contributed by atoms with Crippen LogP contribution in [0.4, 0.5) is 11.5 Å². The van der Waals surface area contributed by atoms with Gasteiger partial charge in [0.2, 0.25) is 0 Å². The minimum atomic E-state index is 0.397. The van der Waals surface area contributed by atoms with E-state index < -0.39 is 0 Å². The molecule has 2 aromatic rings. The molecule has 0 aliphatic heterocycles. The average Bonchev–Trinajstić information content (AvgIpc) is 2.37. The van der Waals surface area contributed by atoms with E-state index in [2.05, 4.69) is 5.10 Å². The van der Waals surface area contributed by atoms with E-state index in [1.54, 1.807) is 4.52 Å². The average molecular weight is 176 g/mol. The van der Waals surface area contributed by atoms with Crippen LogP contribution in [0.3, 0.4) is 0 Å². The van der Waals surface area contributed by atoms with E-state index in [1.807, 2.05) is 26.1 Å². The number of hydrogen-bond donors (Lipinski definition) is 2. The minimum absolute atomic E-state index is 0.397. The van der Waals surface area contributed by atoms with Gasteiger partial charge < -0.3 is 11.5 Å². The third kappa shape index (κ3) is 0.950. The number of fused-ring (bicyclic) bond motifs is 1. The molecule has 0 amide bonds. The van der Waals surface area contributed by atoms with Crippen molar-refractivity contribution in [3.05, 3.63) is 23.4 Å². The molecule has 0 radical (unpaired) electrons. The maximum Gasteiger partial charge on any atom is 0.169 e. The third-order valence-electron chi connectivity index (χ3n) is 2.39. The number of nitrogen functional groups attached to an aromatic ring is 2. The Kier molecular flexibility index (Phi) is 1.45. The molecule has 4 N–H and O–H groups in total. The monoisotopic (exact) mass is 176 g/mol. The van der Waals surface area contributed by atoms with Crippen LogP contribution in [0, 0.1) is 13.8 Å². The summed E-state index contributed by atoms with van der Waals surface area (Å²) in [5.74, 6) is 0.397. The van der Waals surface area contributed by atoms with Gasteiger partial charge >= 0.3 is 0 Å². The van der Waals surface area contributed by atoms with E-state index in [9.17, 15) is 0 Å². The second-order valence-electron chi connectivity index (χ2n) is 3.22. The molecule has 2 heterocycles. The SMILES string of the molecule is Cc1ccn2nc(N)c(N)c2c1C. The van der Waals surface area contributed by atoms with Gasteiger partial charge in [-0.1, -0.05) is 0 Å². The van der Waals surface area contributed by atoms with Gasteiger partial charge in [0, 0.05) is 6.20 Å². The molecular weight excluding hydrogens is 164 g/mol. The summed E-state index contributed by atoms with van der Waals surface area (Å²) >= 11 is 0. The van der Waals surface area contributed by atoms with E-state index in [4.69, 9.17) is 11.5 Å². The molecule has 0 atom stereocenters. The predicted molar refractivity (Wildman–Crippen MR) is 53.5 cm³/mol. The molecule has 0 saturated heterocycles. The van der Waals surface area contributed by atoms with E-state index in [0.717, 1.165) is 11.1 Å². The number of nitrogens with zero attached hydrogens (tertiary/aromatic N) is 2. The molecule has 2 rings (SSSR count). The lowest BCUT2D eigenvalue weighted by Gasteiger charge is -2.02. The molecule has 0 aliphatic carbocycles. The summed E-state index contributed by atoms with van der Waals surface area (Å²) < 4.78 is 1.72. The molecule has 0 spiro atoms. The lowest BCUT2D eigenvalue weighted by atomic mass is 10.1. The van der Waals surface area contributed by atoms with Gasteiger partial charge in [0.05, 0.1) is 5.52 Å². The molecule has 2 aromatic heterocycles. The summed E-state index contributed by atoms with van der Waals surface area (Å²) in [7, 11) is 0. The zero-order valence-electron chi connectivity index (χ0n) is 7.70. The standard InChI is InChI=1S/C9H12N4/c1-5-3-4-13-8(6(5)2)7(10)9(11)12-13/h3-4H,10H2,1-2H3,(H2,11,12). The largest absolute Gasteiger partial charge is 0.394 e. The van der Waals surface area contributed by atoms with Gasteiger partial charge in [0.1, 0.15) is 5.69 Å². The quantitative estimate of drug-likeness (QED) is 0.631. The highest BCUT2D eigenvalue weighted by atomic mass is 15.3. The van der Waals surface area contributed by atoms with Crippen molar-refractivity contribution in [3.63, 3.8) is 0 Å². The summed E-state index contributed by atoms with van der Waals surface area (Å²) in [4.78, 5) is 0. The fraction of sp³-hybridized carbons (Fsp3) is 0.222. The molecular formula is C9H12N4. The molecule has 0 aliphatic rings. The lowest BCUT2D eigenvalue weighted by Crippen LogP contribution is -1.93. The fourth-order valence-electron chi connectivity index (χ4n) is 1.44. The highest BCUT2D eigenvalue weighted by molar-refractivity contribution is 5.82.